The van der Waals surface area contributed by atoms with Gasteiger partial charge in [0.15, 0.2) is 11.5 Å². The van der Waals surface area contributed by atoms with Crippen molar-refractivity contribution in [2.45, 2.75) is 11.3 Å². The van der Waals surface area contributed by atoms with E-state index in [-0.39, 0.29) is 41.5 Å². The zero-order valence-corrected chi connectivity index (χ0v) is 18.0. The number of carbonyl (C=O) groups is 1. The van der Waals surface area contributed by atoms with E-state index in [2.05, 4.69) is 29.7 Å². The Bertz CT molecular complexity index is 1290. The number of nitrogens with two attached hydrogens (primary N) is 2. The Balaban J connectivity index is 1.88. The molecular weight excluding hydrogens is 479 g/mol. The smallest absolute Gasteiger partial charge is 0.404 e. The van der Waals surface area contributed by atoms with Crippen molar-refractivity contribution in [3.05, 3.63) is 54.6 Å². The summed E-state index contributed by atoms with van der Waals surface area (Å²) in [5.74, 6) is -1.65. The predicted molar refractivity (Wildman–Crippen MR) is 115 cm³/mol. The molecule has 15 heteroatoms. The molecule has 0 unspecified atom stereocenters. The van der Waals surface area contributed by atoms with Crippen LogP contribution in [0.25, 0.3) is 11.3 Å². The number of hydrogen-bond acceptors (Lipinski definition) is 9. The summed E-state index contributed by atoms with van der Waals surface area (Å²) in [6, 6.07) is 5.96. The van der Waals surface area contributed by atoms with Crippen LogP contribution in [-0.4, -0.2) is 48.7 Å². The molecule has 0 spiro atoms. The summed E-state index contributed by atoms with van der Waals surface area (Å²) in [6.07, 6.45) is -1.27. The first-order chi connectivity index (χ1) is 16.0. The Morgan fingerprint density at radius 1 is 1.09 bits per heavy atom. The molecule has 1 amide bonds. The third-order valence-electron chi connectivity index (χ3n) is 4.15. The minimum Gasteiger partial charge on any atom is -0.404 e. The summed E-state index contributed by atoms with van der Waals surface area (Å²) in [5, 5.41) is 2.51. The summed E-state index contributed by atoms with van der Waals surface area (Å²) >= 11 is 0. The Morgan fingerprint density at radius 2 is 1.82 bits per heavy atom. The molecule has 3 rings (SSSR count). The molecule has 0 bridgehead atoms. The van der Waals surface area contributed by atoms with Crippen LogP contribution < -0.4 is 26.2 Å². The van der Waals surface area contributed by atoms with Crippen molar-refractivity contribution in [1.82, 2.24) is 19.7 Å². The molecule has 11 nitrogen and oxygen atoms in total. The Morgan fingerprint density at radius 3 is 2.44 bits per heavy atom. The molecule has 2 aromatic heterocycles. The van der Waals surface area contributed by atoms with Crippen molar-refractivity contribution in [2.24, 2.45) is 5.73 Å². The number of ether oxygens (including phenoxy) is 1. The van der Waals surface area contributed by atoms with E-state index in [1.807, 2.05) is 0 Å². The number of aromatic nitrogens is 3. The maximum Gasteiger partial charge on any atom is 0.573 e. The van der Waals surface area contributed by atoms with Gasteiger partial charge in [-0.2, -0.15) is 0 Å². The zero-order valence-electron chi connectivity index (χ0n) is 17.2. The van der Waals surface area contributed by atoms with Crippen LogP contribution in [0.5, 0.6) is 5.75 Å². The zero-order chi connectivity index (χ0) is 24.9. The lowest BCUT2D eigenvalue weighted by atomic mass is 10.1. The van der Waals surface area contributed by atoms with E-state index in [1.165, 1.54) is 36.8 Å². The number of halogens is 3. The molecule has 0 aliphatic heterocycles. The highest BCUT2D eigenvalue weighted by molar-refractivity contribution is 7.89. The number of sulfonamides is 1. The van der Waals surface area contributed by atoms with Crippen molar-refractivity contribution in [1.29, 1.82) is 0 Å². The highest BCUT2D eigenvalue weighted by atomic mass is 32.2. The first kappa shape index (κ1) is 24.8. The molecular formula is C19H18F3N7O4S. The van der Waals surface area contributed by atoms with Crippen molar-refractivity contribution in [3.8, 4) is 17.0 Å². The number of benzene rings is 1. The molecule has 0 atom stereocenters. The number of anilines is 2. The van der Waals surface area contributed by atoms with Crippen LogP contribution in [0.2, 0.25) is 0 Å². The maximum absolute atomic E-state index is 12.9. The van der Waals surface area contributed by atoms with Gasteiger partial charge in [-0.3, -0.25) is 9.78 Å². The largest absolute Gasteiger partial charge is 0.573 e. The Labute approximate surface area is 191 Å². The number of nitrogen functional groups attached to an aromatic ring is 1. The maximum atomic E-state index is 12.9. The summed E-state index contributed by atoms with van der Waals surface area (Å²) in [4.78, 5) is 23.2. The molecule has 180 valence electrons. The lowest BCUT2D eigenvalue weighted by molar-refractivity contribution is -0.275. The van der Waals surface area contributed by atoms with Gasteiger partial charge in [-0.1, -0.05) is 6.07 Å². The van der Waals surface area contributed by atoms with Crippen LogP contribution >= 0.6 is 0 Å². The standard InChI is InChI=1S/C19H18F3N7O4S/c20-19(21,22)33-14-9-11(1-4-15(14)34(31,32)28-6-5-23)13-3-2-12(10-27-13)29-18(30)16-17(24)26-8-7-25-16/h1-4,7-10,28H,5-6,23H2,(H2,24,26)(H,29,30). The van der Waals surface area contributed by atoms with E-state index >= 15 is 0 Å². The number of nitrogens with one attached hydrogen (secondary N) is 2. The number of rotatable bonds is 8. The van der Waals surface area contributed by atoms with E-state index in [1.54, 1.807) is 0 Å². The molecule has 6 N–H and O–H groups in total. The lowest BCUT2D eigenvalue weighted by Crippen LogP contribution is -2.30. The van der Waals surface area contributed by atoms with Crippen LogP contribution in [-0.2, 0) is 10.0 Å². The summed E-state index contributed by atoms with van der Waals surface area (Å²) in [5.41, 5.74) is 11.3. The monoisotopic (exact) mass is 497 g/mol. The topological polar surface area (TPSA) is 175 Å². The minimum atomic E-state index is -5.14. The number of nitrogens with zero attached hydrogens (tertiary/aromatic N) is 3. The van der Waals surface area contributed by atoms with E-state index in [9.17, 15) is 26.4 Å². The first-order valence-electron chi connectivity index (χ1n) is 9.44. The van der Waals surface area contributed by atoms with Crippen molar-refractivity contribution >= 4 is 27.4 Å². The van der Waals surface area contributed by atoms with Gasteiger partial charge in [0.05, 0.1) is 17.6 Å². The fourth-order valence-corrected chi connectivity index (χ4v) is 3.87. The van der Waals surface area contributed by atoms with Gasteiger partial charge in [0.2, 0.25) is 10.0 Å². The summed E-state index contributed by atoms with van der Waals surface area (Å²) in [7, 11) is -4.32. The molecule has 0 aliphatic carbocycles. The molecule has 3 aromatic rings. The molecule has 0 fully saturated rings. The number of pyridine rings is 1. The van der Waals surface area contributed by atoms with E-state index in [4.69, 9.17) is 11.5 Å². The second kappa shape index (κ2) is 9.98. The molecule has 0 radical (unpaired) electrons. The third-order valence-corrected chi connectivity index (χ3v) is 5.65. The van der Waals surface area contributed by atoms with Gasteiger partial charge in [-0.25, -0.2) is 23.1 Å². The summed E-state index contributed by atoms with van der Waals surface area (Å²) in [6.45, 7) is -0.229. The first-order valence-corrected chi connectivity index (χ1v) is 10.9. The minimum absolute atomic E-state index is 0.0526. The highest BCUT2D eigenvalue weighted by Gasteiger charge is 2.34. The predicted octanol–water partition coefficient (Wildman–Crippen LogP) is 1.51. The van der Waals surface area contributed by atoms with Gasteiger partial charge in [-0.05, 0) is 24.3 Å². The van der Waals surface area contributed by atoms with Crippen molar-refractivity contribution < 1.29 is 31.1 Å². The third kappa shape index (κ3) is 6.15. The van der Waals surface area contributed by atoms with Gasteiger partial charge in [0.25, 0.3) is 5.91 Å². The van der Waals surface area contributed by atoms with Crippen LogP contribution in [0, 0.1) is 0 Å². The van der Waals surface area contributed by atoms with Crippen LogP contribution in [0.15, 0.2) is 53.8 Å². The van der Waals surface area contributed by atoms with Gasteiger partial charge < -0.3 is 21.5 Å². The average molecular weight is 497 g/mol. The number of hydrogen-bond donors (Lipinski definition) is 4. The van der Waals surface area contributed by atoms with Gasteiger partial charge in [0.1, 0.15) is 10.6 Å². The normalized spacial score (nSPS) is 11.8. The number of alkyl halides is 3. The van der Waals surface area contributed by atoms with Crippen LogP contribution in [0.3, 0.4) is 0 Å². The van der Waals surface area contributed by atoms with Gasteiger partial charge in [-0.15, -0.1) is 13.2 Å². The number of carbonyl (C=O) groups excluding carboxylic acids is 1. The van der Waals surface area contributed by atoms with Crippen molar-refractivity contribution in [3.63, 3.8) is 0 Å². The summed E-state index contributed by atoms with van der Waals surface area (Å²) < 4.78 is 69.4. The Hall–Kier alpha value is -3.82. The second-order valence-corrected chi connectivity index (χ2v) is 8.31. The molecule has 2 heterocycles. The molecule has 34 heavy (non-hydrogen) atoms. The SMILES string of the molecule is NCCNS(=O)(=O)c1ccc(-c2ccc(NC(=O)c3nccnc3N)cn2)cc1OC(F)(F)F. The van der Waals surface area contributed by atoms with E-state index < -0.39 is 32.9 Å². The second-order valence-electron chi connectivity index (χ2n) is 6.57. The fourth-order valence-electron chi connectivity index (χ4n) is 2.72. The molecule has 0 aliphatic rings. The quantitative estimate of drug-likeness (QED) is 0.359. The lowest BCUT2D eigenvalue weighted by Gasteiger charge is -2.15. The fraction of sp³-hybridized carbons (Fsp3) is 0.158. The van der Waals surface area contributed by atoms with Crippen molar-refractivity contribution in [2.75, 3.05) is 24.1 Å². The van der Waals surface area contributed by atoms with Crippen LogP contribution in [0.4, 0.5) is 24.7 Å². The van der Waals surface area contributed by atoms with Gasteiger partial charge in [0, 0.05) is 31.0 Å². The number of amides is 1. The van der Waals surface area contributed by atoms with E-state index in [0.717, 1.165) is 12.1 Å². The molecule has 1 aromatic carbocycles. The average Bonchev–Trinajstić information content (AvgIpc) is 2.77. The van der Waals surface area contributed by atoms with Gasteiger partial charge >= 0.3 is 6.36 Å². The highest BCUT2D eigenvalue weighted by Crippen LogP contribution is 2.33. The van der Waals surface area contributed by atoms with E-state index in [0.29, 0.717) is 0 Å². The Kier molecular flexibility index (Phi) is 7.29. The molecule has 0 saturated heterocycles. The van der Waals surface area contributed by atoms with Crippen LogP contribution in [0.1, 0.15) is 10.5 Å². The molecule has 0 saturated carbocycles.